The number of aliphatic hydroxyl groups excluding tert-OH is 1. The first-order valence-corrected chi connectivity index (χ1v) is 7.11. The molecule has 0 aliphatic heterocycles. The number of carboxylic acids is 1. The quantitative estimate of drug-likeness (QED) is 0.776. The van der Waals surface area contributed by atoms with Gasteiger partial charge in [0.2, 0.25) is 0 Å². The number of hydrogen-bond acceptors (Lipinski definition) is 5. The maximum atomic E-state index is 10.6. The summed E-state index contributed by atoms with van der Waals surface area (Å²) in [5, 5.41) is 27.1. The summed E-state index contributed by atoms with van der Waals surface area (Å²) in [7, 11) is 0. The molecule has 0 unspecified atom stereocenters. The van der Waals surface area contributed by atoms with Crippen LogP contribution in [0.25, 0.3) is 0 Å². The number of aliphatic carboxylic acids is 1. The van der Waals surface area contributed by atoms with E-state index >= 15 is 0 Å². The lowest BCUT2D eigenvalue weighted by atomic mass is 9.82. The van der Waals surface area contributed by atoms with Crippen LogP contribution in [-0.2, 0) is 4.79 Å². The normalized spacial score (nSPS) is 26.9. The minimum absolute atomic E-state index is 0.0120. The van der Waals surface area contributed by atoms with Crippen LogP contribution in [0.15, 0.2) is 5.16 Å². The second kappa shape index (κ2) is 4.55. The summed E-state index contributed by atoms with van der Waals surface area (Å²) in [5.41, 5.74) is 0. The number of carbonyl (C=O) groups is 1. The molecule has 0 atom stereocenters. The second-order valence-corrected chi connectivity index (χ2v) is 5.89. The van der Waals surface area contributed by atoms with Crippen LogP contribution >= 0.6 is 11.8 Å². The molecule has 0 spiro atoms. The third-order valence-corrected chi connectivity index (χ3v) is 4.33. The molecule has 2 aliphatic rings. The third-order valence-electron chi connectivity index (χ3n) is 3.41. The fourth-order valence-corrected chi connectivity index (χ4v) is 3.00. The Morgan fingerprint density at radius 3 is 2.67 bits per heavy atom. The van der Waals surface area contributed by atoms with Crippen LogP contribution in [0, 0.1) is 0 Å². The highest BCUT2D eigenvalue weighted by Crippen LogP contribution is 2.44. The van der Waals surface area contributed by atoms with Gasteiger partial charge >= 0.3 is 5.97 Å². The molecule has 18 heavy (non-hydrogen) atoms. The van der Waals surface area contributed by atoms with Crippen LogP contribution < -0.4 is 0 Å². The van der Waals surface area contributed by atoms with E-state index in [1.54, 1.807) is 0 Å². The Labute approximate surface area is 108 Å². The van der Waals surface area contributed by atoms with Crippen molar-refractivity contribution in [3.63, 3.8) is 0 Å². The molecule has 98 valence electrons. The van der Waals surface area contributed by atoms with Crippen molar-refractivity contribution >= 4 is 17.7 Å². The van der Waals surface area contributed by atoms with Gasteiger partial charge in [-0.05, 0) is 25.7 Å². The van der Waals surface area contributed by atoms with Gasteiger partial charge < -0.3 is 14.8 Å². The lowest BCUT2D eigenvalue weighted by molar-refractivity contribution is -0.133. The van der Waals surface area contributed by atoms with Gasteiger partial charge in [0.15, 0.2) is 5.16 Å². The summed E-state index contributed by atoms with van der Waals surface area (Å²) in [6, 6.07) is 0.434. The molecule has 2 saturated carbocycles. The van der Waals surface area contributed by atoms with E-state index in [0.717, 1.165) is 31.5 Å². The van der Waals surface area contributed by atoms with Gasteiger partial charge in [-0.3, -0.25) is 4.79 Å². The van der Waals surface area contributed by atoms with Crippen LogP contribution in [0.1, 0.15) is 43.5 Å². The minimum atomic E-state index is -0.842. The van der Waals surface area contributed by atoms with Crippen LogP contribution in [0.5, 0.6) is 0 Å². The summed E-state index contributed by atoms with van der Waals surface area (Å²) in [6.07, 6.45) is 3.50. The highest BCUT2D eigenvalue weighted by molar-refractivity contribution is 7.99. The highest BCUT2D eigenvalue weighted by Gasteiger charge is 2.37. The average molecular weight is 269 g/mol. The summed E-state index contributed by atoms with van der Waals surface area (Å²) in [4.78, 5) is 10.6. The number of aromatic nitrogens is 3. The zero-order valence-electron chi connectivity index (χ0n) is 9.82. The highest BCUT2D eigenvalue weighted by atomic mass is 32.2. The summed E-state index contributed by atoms with van der Waals surface area (Å²) >= 11 is 1.22. The largest absolute Gasteiger partial charge is 0.481 e. The molecule has 2 fully saturated rings. The zero-order chi connectivity index (χ0) is 12.7. The number of aliphatic hydroxyl groups is 1. The van der Waals surface area contributed by atoms with Crippen molar-refractivity contribution in [2.24, 2.45) is 0 Å². The Bertz CT molecular complexity index is 466. The SMILES string of the molecule is O=C(O)CSc1nnc(C2CC(O)C2)n1C1CC1. The molecule has 3 rings (SSSR count). The van der Waals surface area contributed by atoms with Crippen LogP contribution in [0.2, 0.25) is 0 Å². The Hall–Kier alpha value is -1.08. The first kappa shape index (κ1) is 12.0. The second-order valence-electron chi connectivity index (χ2n) is 4.95. The molecule has 0 aromatic carbocycles. The Morgan fingerprint density at radius 2 is 2.11 bits per heavy atom. The molecule has 2 aliphatic carbocycles. The number of carboxylic acid groups (broad SMARTS) is 1. The van der Waals surface area contributed by atoms with Crippen molar-refractivity contribution in [3.8, 4) is 0 Å². The maximum Gasteiger partial charge on any atom is 0.313 e. The fourth-order valence-electron chi connectivity index (χ4n) is 2.27. The van der Waals surface area contributed by atoms with E-state index in [9.17, 15) is 9.90 Å². The van der Waals surface area contributed by atoms with Gasteiger partial charge in [-0.15, -0.1) is 10.2 Å². The molecule has 0 radical (unpaired) electrons. The average Bonchev–Trinajstić information content (AvgIpc) is 3.03. The van der Waals surface area contributed by atoms with E-state index < -0.39 is 5.97 Å². The van der Waals surface area contributed by atoms with Crippen molar-refractivity contribution in [1.29, 1.82) is 0 Å². The molecular formula is C11H15N3O3S. The van der Waals surface area contributed by atoms with Gasteiger partial charge in [-0.1, -0.05) is 11.8 Å². The third kappa shape index (κ3) is 2.24. The van der Waals surface area contributed by atoms with E-state index in [1.165, 1.54) is 11.8 Å². The van der Waals surface area contributed by atoms with Gasteiger partial charge in [0.25, 0.3) is 0 Å². The maximum absolute atomic E-state index is 10.6. The molecule has 0 saturated heterocycles. The van der Waals surface area contributed by atoms with Gasteiger partial charge in [0.05, 0.1) is 11.9 Å². The van der Waals surface area contributed by atoms with E-state index in [-0.39, 0.29) is 17.8 Å². The Morgan fingerprint density at radius 1 is 1.39 bits per heavy atom. The molecule has 1 heterocycles. The summed E-state index contributed by atoms with van der Waals surface area (Å²) in [5.74, 6) is 0.381. The molecular weight excluding hydrogens is 254 g/mol. The first-order chi connectivity index (χ1) is 8.65. The minimum Gasteiger partial charge on any atom is -0.481 e. The van der Waals surface area contributed by atoms with E-state index in [1.807, 2.05) is 0 Å². The van der Waals surface area contributed by atoms with Crippen LogP contribution in [-0.4, -0.2) is 42.8 Å². The van der Waals surface area contributed by atoms with Gasteiger partial charge in [-0.2, -0.15) is 0 Å². The smallest absolute Gasteiger partial charge is 0.313 e. The van der Waals surface area contributed by atoms with Gasteiger partial charge in [0, 0.05) is 12.0 Å². The van der Waals surface area contributed by atoms with Gasteiger partial charge in [-0.25, -0.2) is 0 Å². The molecule has 0 amide bonds. The van der Waals surface area contributed by atoms with E-state index in [4.69, 9.17) is 5.11 Å². The van der Waals surface area contributed by atoms with Crippen molar-refractivity contribution < 1.29 is 15.0 Å². The molecule has 6 nitrogen and oxygen atoms in total. The van der Waals surface area contributed by atoms with Crippen molar-refractivity contribution in [3.05, 3.63) is 5.82 Å². The standard InChI is InChI=1S/C11H15N3O3S/c15-8-3-6(4-8)10-12-13-11(18-5-9(16)17)14(10)7-1-2-7/h6-8,15H,1-5H2,(H,16,17). The Kier molecular flexibility index (Phi) is 3.03. The number of rotatable bonds is 5. The zero-order valence-corrected chi connectivity index (χ0v) is 10.6. The van der Waals surface area contributed by atoms with Crippen molar-refractivity contribution in [2.45, 2.75) is 48.9 Å². The molecule has 7 heteroatoms. The van der Waals surface area contributed by atoms with Crippen molar-refractivity contribution in [2.75, 3.05) is 5.75 Å². The van der Waals surface area contributed by atoms with Gasteiger partial charge in [0.1, 0.15) is 5.82 Å². The van der Waals surface area contributed by atoms with Crippen LogP contribution in [0.3, 0.4) is 0 Å². The summed E-state index contributed by atoms with van der Waals surface area (Å²) < 4.78 is 2.09. The number of nitrogens with zero attached hydrogens (tertiary/aromatic N) is 3. The number of hydrogen-bond donors (Lipinski definition) is 2. The first-order valence-electron chi connectivity index (χ1n) is 6.12. The monoisotopic (exact) mass is 269 g/mol. The topological polar surface area (TPSA) is 88.2 Å². The lowest BCUT2D eigenvalue weighted by Gasteiger charge is -2.30. The Balaban J connectivity index is 1.79. The predicted molar refractivity (Wildman–Crippen MR) is 64.6 cm³/mol. The molecule has 0 bridgehead atoms. The molecule has 2 N–H and O–H groups in total. The van der Waals surface area contributed by atoms with E-state index in [2.05, 4.69) is 14.8 Å². The predicted octanol–water partition coefficient (Wildman–Crippen LogP) is 1.03. The van der Waals surface area contributed by atoms with Crippen molar-refractivity contribution in [1.82, 2.24) is 14.8 Å². The summed E-state index contributed by atoms with van der Waals surface area (Å²) in [6.45, 7) is 0. The van der Waals surface area contributed by atoms with E-state index in [0.29, 0.717) is 11.2 Å². The number of thioether (sulfide) groups is 1. The molecule has 1 aromatic rings. The molecule has 1 aromatic heterocycles. The fraction of sp³-hybridized carbons (Fsp3) is 0.727. The van der Waals surface area contributed by atoms with Crippen LogP contribution in [0.4, 0.5) is 0 Å². The lowest BCUT2D eigenvalue weighted by Crippen LogP contribution is -2.28.